The van der Waals surface area contributed by atoms with E-state index >= 15 is 0 Å². The van der Waals surface area contributed by atoms with E-state index in [1.54, 1.807) is 13.8 Å². The van der Waals surface area contributed by atoms with E-state index in [0.717, 1.165) is 11.1 Å². The summed E-state index contributed by atoms with van der Waals surface area (Å²) in [6.45, 7) is 3.56. The van der Waals surface area contributed by atoms with Gasteiger partial charge in [0.25, 0.3) is 0 Å². The number of esters is 2. The number of carbonyl (C=O) groups is 2. The molecule has 2 fully saturated rings. The Bertz CT molecular complexity index is 557. The van der Waals surface area contributed by atoms with Crippen LogP contribution in [0.1, 0.15) is 37.2 Å². The standard InChI is InChI=1S/C14H12O4/c1-13-9-7-5-3-4-6-8(7)10(17-9)14(13,2)12(16)18-11(13)15/h3-6,9-10H,1-2H3/t9-,10+,13-,14-/m1/s1. The molecule has 2 saturated heterocycles. The zero-order valence-corrected chi connectivity index (χ0v) is 10.1. The van der Waals surface area contributed by atoms with Crippen LogP contribution in [0.15, 0.2) is 24.3 Å². The summed E-state index contributed by atoms with van der Waals surface area (Å²) in [5, 5.41) is 0. The normalized spacial score (nSPS) is 43.9. The number of rotatable bonds is 0. The van der Waals surface area contributed by atoms with Crippen molar-refractivity contribution in [1.82, 2.24) is 0 Å². The lowest BCUT2D eigenvalue weighted by atomic mass is 9.58. The van der Waals surface area contributed by atoms with Gasteiger partial charge < -0.3 is 9.47 Å². The summed E-state index contributed by atoms with van der Waals surface area (Å²) < 4.78 is 10.8. The Labute approximate surface area is 104 Å². The maximum atomic E-state index is 12.1. The van der Waals surface area contributed by atoms with Crippen molar-refractivity contribution in [1.29, 1.82) is 0 Å². The highest BCUT2D eigenvalue weighted by Crippen LogP contribution is 2.72. The van der Waals surface area contributed by atoms with Gasteiger partial charge in [-0.3, -0.25) is 9.59 Å². The number of cyclic esters (lactones) is 2. The third-order valence-corrected chi connectivity index (χ3v) is 4.99. The van der Waals surface area contributed by atoms with Crippen molar-refractivity contribution in [2.24, 2.45) is 10.8 Å². The van der Waals surface area contributed by atoms with Crippen LogP contribution in [0.5, 0.6) is 0 Å². The minimum atomic E-state index is -0.900. The largest absolute Gasteiger partial charge is 0.392 e. The van der Waals surface area contributed by atoms with E-state index in [9.17, 15) is 9.59 Å². The molecule has 3 aliphatic rings. The molecule has 0 unspecified atom stereocenters. The molecule has 0 amide bonds. The van der Waals surface area contributed by atoms with Crippen LogP contribution in [-0.2, 0) is 19.1 Å². The SMILES string of the molecule is C[C@@]12C(=O)OC(=O)[C@@]1(C)[C@H]1O[C@@H]2c2ccccc21. The first-order valence-corrected chi connectivity index (χ1v) is 6.02. The molecule has 18 heavy (non-hydrogen) atoms. The fourth-order valence-electron chi connectivity index (χ4n) is 3.64. The summed E-state index contributed by atoms with van der Waals surface area (Å²) in [6.07, 6.45) is -0.745. The molecule has 3 aliphatic heterocycles. The topological polar surface area (TPSA) is 52.6 Å². The fraction of sp³-hybridized carbons (Fsp3) is 0.429. The van der Waals surface area contributed by atoms with Gasteiger partial charge in [-0.2, -0.15) is 0 Å². The molecule has 2 bridgehead atoms. The number of benzene rings is 1. The Hall–Kier alpha value is -1.68. The van der Waals surface area contributed by atoms with E-state index < -0.39 is 22.8 Å². The second-order valence-electron chi connectivity index (χ2n) is 5.61. The van der Waals surface area contributed by atoms with Crippen molar-refractivity contribution in [3.05, 3.63) is 35.4 Å². The maximum Gasteiger partial charge on any atom is 0.323 e. The van der Waals surface area contributed by atoms with Gasteiger partial charge >= 0.3 is 11.9 Å². The third-order valence-electron chi connectivity index (χ3n) is 4.99. The molecule has 4 nitrogen and oxygen atoms in total. The molecule has 0 aromatic heterocycles. The van der Waals surface area contributed by atoms with Crippen molar-refractivity contribution < 1.29 is 19.1 Å². The number of fused-ring (bicyclic) bond motifs is 8. The summed E-state index contributed by atoms with van der Waals surface area (Å²) in [7, 11) is 0. The van der Waals surface area contributed by atoms with Crippen molar-refractivity contribution in [3.63, 3.8) is 0 Å². The summed E-state index contributed by atoms with van der Waals surface area (Å²) in [6, 6.07) is 7.76. The third kappa shape index (κ3) is 0.747. The zero-order chi connectivity index (χ0) is 12.7. The van der Waals surface area contributed by atoms with E-state index in [1.807, 2.05) is 24.3 Å². The molecule has 4 heteroatoms. The van der Waals surface area contributed by atoms with Crippen molar-refractivity contribution in [3.8, 4) is 0 Å². The van der Waals surface area contributed by atoms with Gasteiger partial charge in [0.15, 0.2) is 0 Å². The number of hydrogen-bond donors (Lipinski definition) is 0. The Morgan fingerprint density at radius 3 is 1.83 bits per heavy atom. The van der Waals surface area contributed by atoms with Crippen LogP contribution in [0, 0.1) is 10.8 Å². The molecule has 4 atom stereocenters. The highest BCUT2D eigenvalue weighted by Gasteiger charge is 2.78. The van der Waals surface area contributed by atoms with Crippen LogP contribution in [-0.4, -0.2) is 11.9 Å². The van der Waals surface area contributed by atoms with E-state index in [-0.39, 0.29) is 12.2 Å². The summed E-state index contributed by atoms with van der Waals surface area (Å²) >= 11 is 0. The Morgan fingerprint density at radius 2 is 1.39 bits per heavy atom. The van der Waals surface area contributed by atoms with Gasteiger partial charge in [0.1, 0.15) is 23.0 Å². The molecule has 4 rings (SSSR count). The first-order chi connectivity index (χ1) is 8.51. The van der Waals surface area contributed by atoms with Crippen LogP contribution < -0.4 is 0 Å². The van der Waals surface area contributed by atoms with Crippen molar-refractivity contribution in [2.75, 3.05) is 0 Å². The average Bonchev–Trinajstić information content (AvgIpc) is 2.91. The van der Waals surface area contributed by atoms with E-state index in [1.165, 1.54) is 0 Å². The molecule has 3 heterocycles. The Morgan fingerprint density at radius 1 is 0.944 bits per heavy atom. The molecule has 0 spiro atoms. The molecule has 1 aromatic rings. The van der Waals surface area contributed by atoms with Gasteiger partial charge in [-0.25, -0.2) is 0 Å². The van der Waals surface area contributed by atoms with Gasteiger partial charge in [0, 0.05) is 0 Å². The molecular formula is C14H12O4. The molecule has 0 radical (unpaired) electrons. The first kappa shape index (κ1) is 10.3. The molecule has 0 aliphatic carbocycles. The number of hydrogen-bond acceptors (Lipinski definition) is 4. The van der Waals surface area contributed by atoms with E-state index in [2.05, 4.69) is 0 Å². The lowest BCUT2D eigenvalue weighted by Crippen LogP contribution is -2.44. The van der Waals surface area contributed by atoms with E-state index in [4.69, 9.17) is 9.47 Å². The minimum Gasteiger partial charge on any atom is -0.392 e. The van der Waals surface area contributed by atoms with Crippen LogP contribution in [0.2, 0.25) is 0 Å². The summed E-state index contributed by atoms with van der Waals surface area (Å²) in [5.74, 6) is -0.922. The minimum absolute atomic E-state index is 0.373. The van der Waals surface area contributed by atoms with Crippen LogP contribution in [0.4, 0.5) is 0 Å². The van der Waals surface area contributed by atoms with Gasteiger partial charge in [0.2, 0.25) is 0 Å². The van der Waals surface area contributed by atoms with Gasteiger partial charge in [-0.05, 0) is 25.0 Å². The smallest absolute Gasteiger partial charge is 0.323 e. The maximum absolute atomic E-state index is 12.1. The summed E-state index contributed by atoms with van der Waals surface area (Å²) in [5.41, 5.74) is 0.218. The van der Waals surface area contributed by atoms with Gasteiger partial charge in [-0.15, -0.1) is 0 Å². The predicted octanol–water partition coefficient (Wildman–Crippen LogP) is 1.91. The molecule has 0 saturated carbocycles. The Balaban J connectivity index is 2.04. The monoisotopic (exact) mass is 244 g/mol. The predicted molar refractivity (Wildman–Crippen MR) is 60.3 cm³/mol. The lowest BCUT2D eigenvalue weighted by molar-refractivity contribution is -0.160. The Kier molecular flexibility index (Phi) is 1.52. The van der Waals surface area contributed by atoms with Gasteiger partial charge in [0.05, 0.1) is 0 Å². The van der Waals surface area contributed by atoms with Gasteiger partial charge in [-0.1, -0.05) is 24.3 Å². The van der Waals surface area contributed by atoms with Crippen LogP contribution >= 0.6 is 0 Å². The van der Waals surface area contributed by atoms with E-state index in [0.29, 0.717) is 0 Å². The molecular weight excluding hydrogens is 232 g/mol. The second-order valence-corrected chi connectivity index (χ2v) is 5.61. The zero-order valence-electron chi connectivity index (χ0n) is 10.1. The van der Waals surface area contributed by atoms with Crippen LogP contribution in [0.3, 0.4) is 0 Å². The second kappa shape index (κ2) is 2.67. The fourth-order valence-corrected chi connectivity index (χ4v) is 3.64. The van der Waals surface area contributed by atoms with Crippen LogP contribution in [0.25, 0.3) is 0 Å². The molecule has 1 aromatic carbocycles. The highest BCUT2D eigenvalue weighted by atomic mass is 16.6. The lowest BCUT2D eigenvalue weighted by Gasteiger charge is -2.35. The molecule has 0 N–H and O–H groups in total. The number of carbonyl (C=O) groups excluding carboxylic acids is 2. The van der Waals surface area contributed by atoms with Crippen molar-refractivity contribution in [2.45, 2.75) is 26.1 Å². The highest BCUT2D eigenvalue weighted by molar-refractivity contribution is 6.03. The average molecular weight is 244 g/mol. The quantitative estimate of drug-likeness (QED) is 0.516. The van der Waals surface area contributed by atoms with Crippen molar-refractivity contribution >= 4 is 11.9 Å². The summed E-state index contributed by atoms with van der Waals surface area (Å²) in [4.78, 5) is 24.1. The first-order valence-electron chi connectivity index (χ1n) is 6.02. The molecule has 92 valence electrons. The number of ether oxygens (including phenoxy) is 2.